The zero-order chi connectivity index (χ0) is 16.8. The standard InChI is InChI=1S/C19H16FN3O/c1-11-3-9-15(10-4-11)23-18(13-5-7-14(20)8-6-13)16-12(2)21-22-17(16)19(23)24/h3-10,18H,1-2H3,(H,21,22). The summed E-state index contributed by atoms with van der Waals surface area (Å²) in [5.41, 5.74) is 4.92. The lowest BCUT2D eigenvalue weighted by Crippen LogP contribution is -2.29. The van der Waals surface area contributed by atoms with Crippen molar-refractivity contribution in [3.8, 4) is 0 Å². The number of aryl methyl sites for hydroxylation is 2. The van der Waals surface area contributed by atoms with Gasteiger partial charge in [-0.25, -0.2) is 4.39 Å². The lowest BCUT2D eigenvalue weighted by atomic mass is 9.99. The molecular weight excluding hydrogens is 305 g/mol. The molecule has 0 bridgehead atoms. The van der Waals surface area contributed by atoms with Crippen molar-refractivity contribution < 1.29 is 9.18 Å². The molecule has 0 radical (unpaired) electrons. The van der Waals surface area contributed by atoms with Crippen LogP contribution in [0, 0.1) is 19.7 Å². The van der Waals surface area contributed by atoms with Crippen molar-refractivity contribution in [3.05, 3.63) is 82.4 Å². The number of H-pyrrole nitrogens is 1. The van der Waals surface area contributed by atoms with Crippen LogP contribution in [0.3, 0.4) is 0 Å². The molecule has 1 aromatic heterocycles. The molecule has 4 nitrogen and oxygen atoms in total. The van der Waals surface area contributed by atoms with Crippen LogP contribution in [0.5, 0.6) is 0 Å². The smallest absolute Gasteiger partial charge is 0.279 e. The molecule has 5 heteroatoms. The molecule has 1 N–H and O–H groups in total. The Morgan fingerprint density at radius 1 is 1.04 bits per heavy atom. The van der Waals surface area contributed by atoms with Gasteiger partial charge in [-0.1, -0.05) is 29.8 Å². The average molecular weight is 321 g/mol. The molecule has 0 spiro atoms. The molecule has 1 unspecified atom stereocenters. The Kier molecular flexibility index (Phi) is 3.23. The number of halogens is 1. The van der Waals surface area contributed by atoms with Gasteiger partial charge in [0.2, 0.25) is 0 Å². The lowest BCUT2D eigenvalue weighted by molar-refractivity contribution is 0.0988. The van der Waals surface area contributed by atoms with Gasteiger partial charge in [0.1, 0.15) is 5.82 Å². The van der Waals surface area contributed by atoms with E-state index in [1.54, 1.807) is 17.0 Å². The fraction of sp³-hybridized carbons (Fsp3) is 0.158. The summed E-state index contributed by atoms with van der Waals surface area (Å²) in [6.07, 6.45) is 0. The zero-order valence-corrected chi connectivity index (χ0v) is 13.4. The summed E-state index contributed by atoms with van der Waals surface area (Å²) >= 11 is 0. The van der Waals surface area contributed by atoms with Crippen molar-refractivity contribution in [3.63, 3.8) is 0 Å². The largest absolute Gasteiger partial charge is 0.295 e. The minimum Gasteiger partial charge on any atom is -0.295 e. The molecule has 120 valence electrons. The highest BCUT2D eigenvalue weighted by atomic mass is 19.1. The van der Waals surface area contributed by atoms with Gasteiger partial charge in [0.05, 0.1) is 6.04 Å². The number of anilines is 1. The Hall–Kier alpha value is -2.95. The molecule has 3 aromatic rings. The number of hydrogen-bond acceptors (Lipinski definition) is 2. The minimum atomic E-state index is -0.311. The second-order valence-electron chi connectivity index (χ2n) is 6.08. The van der Waals surface area contributed by atoms with E-state index < -0.39 is 0 Å². The fourth-order valence-electron chi connectivity index (χ4n) is 3.23. The molecule has 4 rings (SSSR count). The van der Waals surface area contributed by atoms with Gasteiger partial charge in [0.15, 0.2) is 5.69 Å². The van der Waals surface area contributed by atoms with Gasteiger partial charge < -0.3 is 0 Å². The predicted octanol–water partition coefficient (Wildman–Crippen LogP) is 3.92. The summed E-state index contributed by atoms with van der Waals surface area (Å²) in [7, 11) is 0. The van der Waals surface area contributed by atoms with Gasteiger partial charge in [-0.3, -0.25) is 14.8 Å². The second-order valence-corrected chi connectivity index (χ2v) is 6.08. The molecule has 0 fully saturated rings. The van der Waals surface area contributed by atoms with Gasteiger partial charge in [0, 0.05) is 16.9 Å². The predicted molar refractivity (Wildman–Crippen MR) is 89.6 cm³/mol. The number of benzene rings is 2. The van der Waals surface area contributed by atoms with E-state index in [2.05, 4.69) is 10.2 Å². The first kappa shape index (κ1) is 14.6. The molecular formula is C19H16FN3O. The number of nitrogens with one attached hydrogen (secondary N) is 1. The SMILES string of the molecule is Cc1ccc(N2C(=O)c3n[nH]c(C)c3C2c2ccc(F)cc2)cc1. The number of carbonyl (C=O) groups is 1. The van der Waals surface area contributed by atoms with Gasteiger partial charge in [-0.15, -0.1) is 0 Å². The van der Waals surface area contributed by atoms with Crippen molar-refractivity contribution in [2.24, 2.45) is 0 Å². The first-order chi connectivity index (χ1) is 11.6. The van der Waals surface area contributed by atoms with E-state index in [0.29, 0.717) is 5.69 Å². The third kappa shape index (κ3) is 2.12. The summed E-state index contributed by atoms with van der Waals surface area (Å²) in [4.78, 5) is 14.6. The highest BCUT2D eigenvalue weighted by Crippen LogP contribution is 2.42. The maximum Gasteiger partial charge on any atom is 0.279 e. The molecule has 1 atom stereocenters. The minimum absolute atomic E-state index is 0.146. The number of aromatic nitrogens is 2. The number of nitrogens with zero attached hydrogens (tertiary/aromatic N) is 2. The molecule has 1 aliphatic rings. The normalized spacial score (nSPS) is 16.5. The van der Waals surface area contributed by atoms with Crippen LogP contribution >= 0.6 is 0 Å². The Labute approximate surface area is 138 Å². The van der Waals surface area contributed by atoms with Crippen LogP contribution in [-0.2, 0) is 0 Å². The monoisotopic (exact) mass is 321 g/mol. The van der Waals surface area contributed by atoms with E-state index in [0.717, 1.165) is 28.1 Å². The van der Waals surface area contributed by atoms with Gasteiger partial charge in [-0.05, 0) is 43.7 Å². The van der Waals surface area contributed by atoms with E-state index in [-0.39, 0.29) is 17.8 Å². The number of rotatable bonds is 2. The van der Waals surface area contributed by atoms with Crippen LogP contribution in [0.25, 0.3) is 0 Å². The summed E-state index contributed by atoms with van der Waals surface area (Å²) in [5.74, 6) is -0.443. The molecule has 1 amide bonds. The molecule has 0 saturated heterocycles. The second kappa shape index (κ2) is 5.30. The molecule has 2 aromatic carbocycles. The van der Waals surface area contributed by atoms with Crippen LogP contribution in [0.1, 0.15) is 38.9 Å². The van der Waals surface area contributed by atoms with E-state index >= 15 is 0 Å². The van der Waals surface area contributed by atoms with Crippen LogP contribution in [-0.4, -0.2) is 16.1 Å². The first-order valence-corrected chi connectivity index (χ1v) is 7.77. The van der Waals surface area contributed by atoms with E-state index in [4.69, 9.17) is 0 Å². The van der Waals surface area contributed by atoms with Crippen LogP contribution < -0.4 is 4.90 Å². The average Bonchev–Trinajstić information content (AvgIpc) is 3.09. The number of carbonyl (C=O) groups excluding carboxylic acids is 1. The maximum absolute atomic E-state index is 13.3. The third-order valence-electron chi connectivity index (χ3n) is 4.45. The Bertz CT molecular complexity index is 913. The van der Waals surface area contributed by atoms with E-state index in [1.807, 2.05) is 38.1 Å². The molecule has 24 heavy (non-hydrogen) atoms. The molecule has 0 aliphatic carbocycles. The summed E-state index contributed by atoms with van der Waals surface area (Å²) in [5, 5.41) is 7.06. The number of hydrogen-bond donors (Lipinski definition) is 1. The molecule has 1 aliphatic heterocycles. The van der Waals surface area contributed by atoms with Gasteiger partial charge >= 0.3 is 0 Å². The molecule has 2 heterocycles. The van der Waals surface area contributed by atoms with E-state index in [9.17, 15) is 9.18 Å². The van der Waals surface area contributed by atoms with Gasteiger partial charge in [0.25, 0.3) is 5.91 Å². The topological polar surface area (TPSA) is 49.0 Å². The van der Waals surface area contributed by atoms with Crippen molar-refractivity contribution in [1.82, 2.24) is 10.2 Å². The van der Waals surface area contributed by atoms with Crippen LogP contribution in [0.2, 0.25) is 0 Å². The van der Waals surface area contributed by atoms with Crippen LogP contribution in [0.15, 0.2) is 48.5 Å². The number of aromatic amines is 1. The summed E-state index contributed by atoms with van der Waals surface area (Å²) in [6, 6.07) is 13.8. The highest BCUT2D eigenvalue weighted by molar-refractivity contribution is 6.10. The maximum atomic E-state index is 13.3. The number of fused-ring (bicyclic) bond motifs is 1. The number of amides is 1. The fourth-order valence-corrected chi connectivity index (χ4v) is 3.23. The van der Waals surface area contributed by atoms with E-state index in [1.165, 1.54) is 12.1 Å². The zero-order valence-electron chi connectivity index (χ0n) is 13.4. The van der Waals surface area contributed by atoms with Crippen molar-refractivity contribution in [2.45, 2.75) is 19.9 Å². The Morgan fingerprint density at radius 3 is 2.38 bits per heavy atom. The van der Waals surface area contributed by atoms with Crippen molar-refractivity contribution in [2.75, 3.05) is 4.90 Å². The Balaban J connectivity index is 1.89. The highest BCUT2D eigenvalue weighted by Gasteiger charge is 2.42. The van der Waals surface area contributed by atoms with Gasteiger partial charge in [-0.2, -0.15) is 5.10 Å². The van der Waals surface area contributed by atoms with Crippen molar-refractivity contribution >= 4 is 11.6 Å². The summed E-state index contributed by atoms with van der Waals surface area (Å²) < 4.78 is 13.3. The Morgan fingerprint density at radius 2 is 1.71 bits per heavy atom. The van der Waals surface area contributed by atoms with Crippen molar-refractivity contribution in [1.29, 1.82) is 0 Å². The third-order valence-corrected chi connectivity index (χ3v) is 4.45. The lowest BCUT2D eigenvalue weighted by Gasteiger charge is -2.26. The quantitative estimate of drug-likeness (QED) is 0.778. The summed E-state index contributed by atoms with van der Waals surface area (Å²) in [6.45, 7) is 3.90. The van der Waals surface area contributed by atoms with Crippen LogP contribution in [0.4, 0.5) is 10.1 Å². The molecule has 0 saturated carbocycles. The first-order valence-electron chi connectivity index (χ1n) is 7.77.